The van der Waals surface area contributed by atoms with Crippen LogP contribution in [0, 0.1) is 0 Å². The number of carboxylic acids is 1. The number of azo groups is 1. The van der Waals surface area contributed by atoms with Gasteiger partial charge in [-0.05, 0) is 62.7 Å². The maximum Gasteiger partial charge on any atom is 0.408 e. The van der Waals surface area contributed by atoms with Gasteiger partial charge in [-0.2, -0.15) is 10.2 Å². The molecule has 0 radical (unpaired) electrons. The van der Waals surface area contributed by atoms with Gasteiger partial charge in [0.15, 0.2) is 0 Å². The molecule has 0 aliphatic heterocycles. The Morgan fingerprint density at radius 1 is 0.900 bits per heavy atom. The number of amides is 2. The Kier molecular flexibility index (Phi) is 7.62. The van der Waals surface area contributed by atoms with Crippen molar-refractivity contribution in [3.05, 3.63) is 59.7 Å². The van der Waals surface area contributed by atoms with Crippen LogP contribution in [0.25, 0.3) is 0 Å². The Labute approximate surface area is 174 Å². The van der Waals surface area contributed by atoms with E-state index in [0.717, 1.165) is 5.56 Å². The van der Waals surface area contributed by atoms with Crippen molar-refractivity contribution in [2.75, 3.05) is 6.54 Å². The van der Waals surface area contributed by atoms with Crippen LogP contribution in [-0.4, -0.2) is 35.2 Å². The fourth-order valence-corrected chi connectivity index (χ4v) is 2.20. The number of carbonyl (C=O) groups is 3. The molecule has 0 aliphatic carbocycles. The first-order valence-corrected chi connectivity index (χ1v) is 9.20. The summed E-state index contributed by atoms with van der Waals surface area (Å²) in [6.07, 6.45) is -0.648. The Morgan fingerprint density at radius 2 is 1.43 bits per heavy atom. The number of alkyl carbamates (subject to hydrolysis) is 1. The lowest BCUT2D eigenvalue weighted by Crippen LogP contribution is -2.39. The number of carbonyl (C=O) groups excluding carboxylic acids is 2. The average Bonchev–Trinajstić information content (AvgIpc) is 2.69. The number of rotatable bonds is 7. The quantitative estimate of drug-likeness (QED) is 0.593. The van der Waals surface area contributed by atoms with Crippen LogP contribution < -0.4 is 10.6 Å². The number of nitrogens with zero attached hydrogens (tertiary/aromatic N) is 2. The molecule has 2 aromatic carbocycles. The second kappa shape index (κ2) is 10.1. The molecule has 3 N–H and O–H groups in total. The fraction of sp³-hybridized carbons (Fsp3) is 0.286. The van der Waals surface area contributed by atoms with Gasteiger partial charge in [-0.25, -0.2) is 9.59 Å². The predicted octanol–water partition coefficient (Wildman–Crippen LogP) is 3.94. The van der Waals surface area contributed by atoms with Crippen molar-refractivity contribution in [1.82, 2.24) is 10.6 Å². The van der Waals surface area contributed by atoms with E-state index in [9.17, 15) is 14.4 Å². The summed E-state index contributed by atoms with van der Waals surface area (Å²) in [6.45, 7) is 5.34. The summed E-state index contributed by atoms with van der Waals surface area (Å²) >= 11 is 0. The Bertz CT molecular complexity index is 916. The molecule has 0 aliphatic rings. The molecule has 0 fully saturated rings. The second-order valence-corrected chi connectivity index (χ2v) is 7.35. The predicted molar refractivity (Wildman–Crippen MR) is 110 cm³/mol. The highest BCUT2D eigenvalue weighted by atomic mass is 16.6. The van der Waals surface area contributed by atoms with Gasteiger partial charge >= 0.3 is 12.1 Å². The van der Waals surface area contributed by atoms with E-state index in [4.69, 9.17) is 9.84 Å². The van der Waals surface area contributed by atoms with Gasteiger partial charge in [0, 0.05) is 6.54 Å². The summed E-state index contributed by atoms with van der Waals surface area (Å²) in [5, 5.41) is 22.1. The fourth-order valence-electron chi connectivity index (χ4n) is 2.20. The highest BCUT2D eigenvalue weighted by Gasteiger charge is 2.16. The first-order chi connectivity index (χ1) is 14.1. The van der Waals surface area contributed by atoms with E-state index in [-0.39, 0.29) is 18.0 Å². The molecular weight excluding hydrogens is 388 g/mol. The van der Waals surface area contributed by atoms with Crippen LogP contribution in [0.5, 0.6) is 0 Å². The first kappa shape index (κ1) is 22.5. The van der Waals surface area contributed by atoms with Crippen LogP contribution in [0.4, 0.5) is 16.2 Å². The third-order valence-corrected chi connectivity index (χ3v) is 3.61. The largest absolute Gasteiger partial charge is 0.478 e. The zero-order valence-corrected chi connectivity index (χ0v) is 17.0. The highest BCUT2D eigenvalue weighted by Crippen LogP contribution is 2.19. The highest BCUT2D eigenvalue weighted by molar-refractivity contribution is 5.87. The van der Waals surface area contributed by atoms with E-state index in [1.807, 2.05) is 0 Å². The number of carboxylic acid groups (broad SMARTS) is 1. The molecule has 9 heteroatoms. The molecule has 0 bridgehead atoms. The van der Waals surface area contributed by atoms with Gasteiger partial charge in [0.1, 0.15) is 12.1 Å². The molecule has 2 amide bonds. The minimum atomic E-state index is -0.998. The van der Waals surface area contributed by atoms with E-state index < -0.39 is 17.7 Å². The SMILES string of the molecule is CC(C)(C)OC(=O)NCC(=O)NCc1ccc(N=Nc2ccc(C(=O)O)cc2)cc1. The van der Waals surface area contributed by atoms with Gasteiger partial charge in [-0.3, -0.25) is 4.79 Å². The number of ether oxygens (including phenoxy) is 1. The molecule has 9 nitrogen and oxygen atoms in total. The standard InChI is InChI=1S/C21H24N4O5/c1-21(2,3)30-20(29)23-13-18(26)22-12-14-4-8-16(9-5-14)24-25-17-10-6-15(7-11-17)19(27)28/h4-11H,12-13H2,1-3H3,(H,22,26)(H,23,29)(H,27,28). The van der Waals surface area contributed by atoms with E-state index in [2.05, 4.69) is 20.9 Å². The molecule has 0 saturated carbocycles. The lowest BCUT2D eigenvalue weighted by Gasteiger charge is -2.19. The molecular formula is C21H24N4O5. The second-order valence-electron chi connectivity index (χ2n) is 7.35. The Morgan fingerprint density at radius 3 is 1.93 bits per heavy atom. The van der Waals surface area contributed by atoms with Crippen LogP contribution in [0.2, 0.25) is 0 Å². The van der Waals surface area contributed by atoms with Crippen LogP contribution in [0.1, 0.15) is 36.7 Å². The van der Waals surface area contributed by atoms with Crippen molar-refractivity contribution in [2.45, 2.75) is 32.9 Å². The Hall–Kier alpha value is -3.75. The molecule has 2 rings (SSSR count). The smallest absolute Gasteiger partial charge is 0.408 e. The summed E-state index contributed by atoms with van der Waals surface area (Å²) < 4.78 is 5.06. The number of nitrogens with one attached hydrogen (secondary N) is 2. The van der Waals surface area contributed by atoms with Crippen LogP contribution >= 0.6 is 0 Å². The minimum absolute atomic E-state index is 0.179. The molecule has 0 heterocycles. The first-order valence-electron chi connectivity index (χ1n) is 9.20. The Balaban J connectivity index is 1.79. The van der Waals surface area contributed by atoms with Crippen molar-refractivity contribution in [3.8, 4) is 0 Å². The average molecular weight is 412 g/mol. The van der Waals surface area contributed by atoms with Crippen molar-refractivity contribution >= 4 is 29.3 Å². The van der Waals surface area contributed by atoms with Crippen molar-refractivity contribution in [2.24, 2.45) is 10.2 Å². The normalized spacial score (nSPS) is 11.2. The van der Waals surface area contributed by atoms with Gasteiger partial charge in [-0.15, -0.1) is 0 Å². The monoisotopic (exact) mass is 412 g/mol. The van der Waals surface area contributed by atoms with Gasteiger partial charge in [0.2, 0.25) is 5.91 Å². The topological polar surface area (TPSA) is 129 Å². The molecule has 0 atom stereocenters. The van der Waals surface area contributed by atoms with Crippen molar-refractivity contribution < 1.29 is 24.2 Å². The molecule has 30 heavy (non-hydrogen) atoms. The third-order valence-electron chi connectivity index (χ3n) is 3.61. The minimum Gasteiger partial charge on any atom is -0.478 e. The van der Waals surface area contributed by atoms with Crippen LogP contribution in [-0.2, 0) is 16.1 Å². The van der Waals surface area contributed by atoms with Gasteiger partial charge in [-0.1, -0.05) is 12.1 Å². The summed E-state index contributed by atoms with van der Waals surface area (Å²) in [6, 6.07) is 13.1. The maximum atomic E-state index is 11.8. The van der Waals surface area contributed by atoms with E-state index in [1.54, 1.807) is 57.2 Å². The number of benzene rings is 2. The number of hydrogen-bond acceptors (Lipinski definition) is 6. The summed E-state index contributed by atoms with van der Waals surface area (Å²) in [5.74, 6) is -1.34. The molecule has 158 valence electrons. The zero-order chi connectivity index (χ0) is 22.1. The van der Waals surface area contributed by atoms with Crippen LogP contribution in [0.3, 0.4) is 0 Å². The maximum absolute atomic E-state index is 11.8. The van der Waals surface area contributed by atoms with Gasteiger partial charge < -0.3 is 20.5 Å². The van der Waals surface area contributed by atoms with Crippen LogP contribution in [0.15, 0.2) is 58.8 Å². The molecule has 0 aromatic heterocycles. The molecule has 0 unspecified atom stereocenters. The van der Waals surface area contributed by atoms with Gasteiger partial charge in [0.05, 0.1) is 16.9 Å². The van der Waals surface area contributed by atoms with Gasteiger partial charge in [0.25, 0.3) is 0 Å². The molecule has 0 saturated heterocycles. The van der Waals surface area contributed by atoms with E-state index in [0.29, 0.717) is 17.9 Å². The third kappa shape index (κ3) is 8.09. The molecule has 0 spiro atoms. The summed E-state index contributed by atoms with van der Waals surface area (Å²) in [4.78, 5) is 34.2. The number of hydrogen-bond donors (Lipinski definition) is 3. The zero-order valence-electron chi connectivity index (χ0n) is 17.0. The van der Waals surface area contributed by atoms with Crippen molar-refractivity contribution in [3.63, 3.8) is 0 Å². The number of aromatic carboxylic acids is 1. The van der Waals surface area contributed by atoms with E-state index in [1.165, 1.54) is 12.1 Å². The lowest BCUT2D eigenvalue weighted by molar-refractivity contribution is -0.120. The molecule has 2 aromatic rings. The lowest BCUT2D eigenvalue weighted by atomic mass is 10.2. The summed E-state index contributed by atoms with van der Waals surface area (Å²) in [7, 11) is 0. The van der Waals surface area contributed by atoms with Crippen molar-refractivity contribution in [1.29, 1.82) is 0 Å². The summed E-state index contributed by atoms with van der Waals surface area (Å²) in [5.41, 5.74) is 1.56. The van der Waals surface area contributed by atoms with E-state index >= 15 is 0 Å².